The monoisotopic (exact) mass is 347 g/mol. The predicted molar refractivity (Wildman–Crippen MR) is 88.7 cm³/mol. The van der Waals surface area contributed by atoms with Gasteiger partial charge in [-0.05, 0) is 37.8 Å². The number of carbonyl (C=O) groups excluding carboxylic acids is 2. The van der Waals surface area contributed by atoms with Gasteiger partial charge in [0, 0.05) is 18.8 Å². The maximum Gasteiger partial charge on any atom is 0.322 e. The van der Waals surface area contributed by atoms with Crippen molar-refractivity contribution in [2.24, 2.45) is 0 Å². The average molecular weight is 348 g/mol. The first kappa shape index (κ1) is 15.4. The molecule has 0 aromatic carbocycles. The first-order valence-corrected chi connectivity index (χ1v) is 8.42. The standard InChI is InChI=1S/C16H18ClN5O2/c17-10-1-2-13-19-8-12(22(13)9-10)7-18-11-3-5-16(6-4-11)14(23)20-15(24)21-16/h1-2,8-9,11,18H,3-7H2,(H2,20,21,23,24). The Balaban J connectivity index is 1.38. The van der Waals surface area contributed by atoms with Crippen LogP contribution in [0, 0.1) is 0 Å². The molecule has 1 saturated carbocycles. The summed E-state index contributed by atoms with van der Waals surface area (Å²) in [7, 11) is 0. The molecule has 0 bridgehead atoms. The van der Waals surface area contributed by atoms with Gasteiger partial charge < -0.3 is 15.0 Å². The van der Waals surface area contributed by atoms with Gasteiger partial charge in [0.1, 0.15) is 11.2 Å². The summed E-state index contributed by atoms with van der Waals surface area (Å²) < 4.78 is 1.98. The second-order valence-corrected chi connectivity index (χ2v) is 6.91. The van der Waals surface area contributed by atoms with Crippen LogP contribution in [-0.2, 0) is 11.3 Å². The number of nitrogens with zero attached hydrogens (tertiary/aromatic N) is 2. The van der Waals surface area contributed by atoms with Crippen LogP contribution in [0.5, 0.6) is 0 Å². The number of aromatic nitrogens is 2. The van der Waals surface area contributed by atoms with Crippen molar-refractivity contribution < 1.29 is 9.59 Å². The molecule has 3 N–H and O–H groups in total. The lowest BCUT2D eigenvalue weighted by Crippen LogP contribution is -2.52. The molecule has 24 heavy (non-hydrogen) atoms. The quantitative estimate of drug-likeness (QED) is 0.736. The van der Waals surface area contributed by atoms with E-state index in [1.807, 2.05) is 28.9 Å². The molecule has 1 aliphatic heterocycles. The lowest BCUT2D eigenvalue weighted by Gasteiger charge is -2.34. The van der Waals surface area contributed by atoms with Crippen molar-refractivity contribution in [3.8, 4) is 0 Å². The van der Waals surface area contributed by atoms with Gasteiger partial charge in [-0.2, -0.15) is 0 Å². The highest BCUT2D eigenvalue weighted by molar-refractivity contribution is 6.30. The van der Waals surface area contributed by atoms with Crippen LogP contribution in [0.3, 0.4) is 0 Å². The summed E-state index contributed by atoms with van der Waals surface area (Å²) >= 11 is 6.05. The fraction of sp³-hybridized carbons (Fsp3) is 0.438. The number of hydrogen-bond donors (Lipinski definition) is 3. The van der Waals surface area contributed by atoms with Crippen molar-refractivity contribution in [2.75, 3.05) is 0 Å². The molecule has 4 rings (SSSR count). The van der Waals surface area contributed by atoms with Crippen molar-refractivity contribution >= 4 is 29.2 Å². The van der Waals surface area contributed by atoms with Crippen LogP contribution in [0.1, 0.15) is 31.4 Å². The van der Waals surface area contributed by atoms with Gasteiger partial charge in [-0.15, -0.1) is 0 Å². The predicted octanol–water partition coefficient (Wildman–Crippen LogP) is 1.60. The highest BCUT2D eigenvalue weighted by Gasteiger charge is 2.47. The number of pyridine rings is 1. The zero-order valence-electron chi connectivity index (χ0n) is 13.0. The Labute approximate surface area is 143 Å². The molecule has 1 aliphatic carbocycles. The van der Waals surface area contributed by atoms with E-state index in [9.17, 15) is 9.59 Å². The summed E-state index contributed by atoms with van der Waals surface area (Å²) in [6.07, 6.45) is 6.68. The fourth-order valence-electron chi connectivity index (χ4n) is 3.58. The normalized spacial score (nSPS) is 26.8. The molecule has 8 heteroatoms. The van der Waals surface area contributed by atoms with E-state index < -0.39 is 5.54 Å². The molecule has 0 unspecified atom stereocenters. The number of hydrogen-bond acceptors (Lipinski definition) is 4. The topological polar surface area (TPSA) is 87.5 Å². The van der Waals surface area contributed by atoms with Crippen LogP contribution in [0.15, 0.2) is 24.5 Å². The number of urea groups is 1. The van der Waals surface area contributed by atoms with Gasteiger partial charge in [0.15, 0.2) is 0 Å². The van der Waals surface area contributed by atoms with Gasteiger partial charge in [0.25, 0.3) is 5.91 Å². The van der Waals surface area contributed by atoms with Gasteiger partial charge in [0.2, 0.25) is 0 Å². The molecule has 126 valence electrons. The molecule has 2 aromatic heterocycles. The molecule has 2 aliphatic rings. The van der Waals surface area contributed by atoms with Gasteiger partial charge in [-0.25, -0.2) is 9.78 Å². The van der Waals surface area contributed by atoms with Crippen molar-refractivity contribution in [1.29, 1.82) is 0 Å². The number of imide groups is 1. The van der Waals surface area contributed by atoms with E-state index in [1.165, 1.54) is 0 Å². The van der Waals surface area contributed by atoms with E-state index in [-0.39, 0.29) is 11.9 Å². The molecule has 1 saturated heterocycles. The van der Waals surface area contributed by atoms with Crippen molar-refractivity contribution in [3.63, 3.8) is 0 Å². The van der Waals surface area contributed by atoms with Crippen molar-refractivity contribution in [2.45, 2.75) is 43.8 Å². The second-order valence-electron chi connectivity index (χ2n) is 6.47. The Morgan fingerprint density at radius 2 is 2.12 bits per heavy atom. The van der Waals surface area contributed by atoms with Crippen molar-refractivity contribution in [3.05, 3.63) is 35.2 Å². The number of fused-ring (bicyclic) bond motifs is 1. The van der Waals surface area contributed by atoms with Crippen LogP contribution in [0.25, 0.3) is 5.65 Å². The third kappa shape index (κ3) is 2.63. The van der Waals surface area contributed by atoms with Gasteiger partial charge in [-0.1, -0.05) is 11.6 Å². The minimum atomic E-state index is -0.702. The van der Waals surface area contributed by atoms with Crippen molar-refractivity contribution in [1.82, 2.24) is 25.3 Å². The highest BCUT2D eigenvalue weighted by Crippen LogP contribution is 2.31. The number of rotatable bonds is 3. The maximum absolute atomic E-state index is 12.0. The molecule has 3 amide bonds. The van der Waals surface area contributed by atoms with Crippen LogP contribution in [0.4, 0.5) is 4.79 Å². The van der Waals surface area contributed by atoms with Gasteiger partial charge >= 0.3 is 6.03 Å². The van der Waals surface area contributed by atoms with Crippen LogP contribution >= 0.6 is 11.6 Å². The number of nitrogens with one attached hydrogen (secondary N) is 3. The first-order valence-electron chi connectivity index (χ1n) is 8.04. The smallest absolute Gasteiger partial charge is 0.322 e. The summed E-state index contributed by atoms with van der Waals surface area (Å²) in [6, 6.07) is 3.64. The number of carbonyl (C=O) groups is 2. The van der Waals surface area contributed by atoms with Crippen LogP contribution in [0.2, 0.25) is 5.02 Å². The Morgan fingerprint density at radius 3 is 2.83 bits per heavy atom. The molecular weight excluding hydrogens is 330 g/mol. The summed E-state index contributed by atoms with van der Waals surface area (Å²) in [5, 5.41) is 9.31. The molecular formula is C16H18ClN5O2. The number of halogens is 1. The zero-order chi connectivity index (χ0) is 16.7. The average Bonchev–Trinajstić information content (AvgIpc) is 3.08. The minimum Gasteiger partial charge on any atom is -0.323 e. The molecule has 0 radical (unpaired) electrons. The maximum atomic E-state index is 12.0. The third-order valence-electron chi connectivity index (χ3n) is 4.97. The summed E-state index contributed by atoms with van der Waals surface area (Å²) in [4.78, 5) is 27.7. The molecule has 2 fully saturated rings. The minimum absolute atomic E-state index is 0.192. The number of imidazole rings is 1. The molecule has 1 spiro atoms. The summed E-state index contributed by atoms with van der Waals surface area (Å²) in [6.45, 7) is 0.678. The SMILES string of the molecule is O=C1NC(=O)C2(CCC(NCc3cnc4ccc(Cl)cn34)CC2)N1. The zero-order valence-corrected chi connectivity index (χ0v) is 13.8. The van der Waals surface area contributed by atoms with Crippen LogP contribution < -0.4 is 16.0 Å². The third-order valence-corrected chi connectivity index (χ3v) is 5.20. The highest BCUT2D eigenvalue weighted by atomic mass is 35.5. The Morgan fingerprint density at radius 1 is 1.33 bits per heavy atom. The van der Waals surface area contributed by atoms with Gasteiger partial charge in [-0.3, -0.25) is 10.1 Å². The Kier molecular flexibility index (Phi) is 3.69. The van der Waals surface area contributed by atoms with E-state index in [2.05, 4.69) is 20.9 Å². The molecule has 3 heterocycles. The Hall–Kier alpha value is -2.12. The largest absolute Gasteiger partial charge is 0.323 e. The van der Waals surface area contributed by atoms with E-state index in [0.29, 0.717) is 30.5 Å². The molecule has 7 nitrogen and oxygen atoms in total. The molecule has 0 atom stereocenters. The lowest BCUT2D eigenvalue weighted by atomic mass is 9.79. The first-order chi connectivity index (χ1) is 11.6. The summed E-state index contributed by atoms with van der Waals surface area (Å²) in [5.41, 5.74) is 1.20. The number of amides is 3. The van der Waals surface area contributed by atoms with E-state index in [0.717, 1.165) is 24.2 Å². The van der Waals surface area contributed by atoms with Gasteiger partial charge in [0.05, 0.1) is 16.9 Å². The fourth-order valence-corrected chi connectivity index (χ4v) is 3.74. The second kappa shape index (κ2) is 5.75. The van der Waals surface area contributed by atoms with Crippen LogP contribution in [-0.4, -0.2) is 32.9 Å². The molecule has 2 aromatic rings. The van der Waals surface area contributed by atoms with E-state index in [4.69, 9.17) is 11.6 Å². The van der Waals surface area contributed by atoms with E-state index >= 15 is 0 Å². The summed E-state index contributed by atoms with van der Waals surface area (Å²) in [5.74, 6) is -0.192. The Bertz CT molecular complexity index is 810. The lowest BCUT2D eigenvalue weighted by molar-refractivity contribution is -0.125. The van der Waals surface area contributed by atoms with E-state index in [1.54, 1.807) is 0 Å².